The number of amidine groups is 1. The molecule has 2 atom stereocenters. The molecule has 2 aromatic heterocycles. The van der Waals surface area contributed by atoms with Crippen LogP contribution in [-0.4, -0.2) is 22.4 Å². The molecule has 1 aliphatic carbocycles. The summed E-state index contributed by atoms with van der Waals surface area (Å²) in [5.41, 5.74) is 10.2. The zero-order valence-corrected chi connectivity index (χ0v) is 27.8. The van der Waals surface area contributed by atoms with E-state index in [1.54, 1.807) is 0 Å². The SMILES string of the molecule is CC1=NC2C=CC=CC2(C)N1c1cccc(-c2cccc(-c3c4c(cc5c(-c6ccccc6)nc6ccccc6c35)oc3ccccc34)c2)c1. The molecule has 0 bridgehead atoms. The van der Waals surface area contributed by atoms with Gasteiger partial charge in [-0.15, -0.1) is 0 Å². The largest absolute Gasteiger partial charge is 0.456 e. The van der Waals surface area contributed by atoms with Crippen molar-refractivity contribution in [3.63, 3.8) is 0 Å². The van der Waals surface area contributed by atoms with E-state index in [9.17, 15) is 0 Å². The van der Waals surface area contributed by atoms with Crippen molar-refractivity contribution < 1.29 is 4.42 Å². The fourth-order valence-corrected chi connectivity index (χ4v) is 8.27. The molecule has 50 heavy (non-hydrogen) atoms. The summed E-state index contributed by atoms with van der Waals surface area (Å²) in [6.45, 7) is 4.39. The molecule has 8 aromatic rings. The number of anilines is 1. The number of pyridine rings is 1. The van der Waals surface area contributed by atoms with Crippen molar-refractivity contribution in [2.75, 3.05) is 4.90 Å². The van der Waals surface area contributed by atoms with E-state index in [4.69, 9.17) is 14.4 Å². The van der Waals surface area contributed by atoms with E-state index in [2.05, 4.69) is 170 Å². The maximum Gasteiger partial charge on any atom is 0.136 e. The van der Waals surface area contributed by atoms with Gasteiger partial charge in [0.25, 0.3) is 0 Å². The Balaban J connectivity index is 1.24. The van der Waals surface area contributed by atoms with Crippen molar-refractivity contribution in [2.45, 2.75) is 25.4 Å². The third kappa shape index (κ3) is 4.25. The summed E-state index contributed by atoms with van der Waals surface area (Å²) in [6, 6.07) is 47.5. The smallest absolute Gasteiger partial charge is 0.136 e. The molecule has 10 rings (SSSR count). The van der Waals surface area contributed by atoms with Crippen molar-refractivity contribution in [3.05, 3.63) is 158 Å². The second-order valence-corrected chi connectivity index (χ2v) is 13.5. The van der Waals surface area contributed by atoms with Gasteiger partial charge in [-0.2, -0.15) is 0 Å². The van der Waals surface area contributed by atoms with Crippen LogP contribution < -0.4 is 4.90 Å². The topological polar surface area (TPSA) is 41.6 Å². The van der Waals surface area contributed by atoms with Crippen molar-refractivity contribution in [1.29, 1.82) is 0 Å². The van der Waals surface area contributed by atoms with Gasteiger partial charge in [0.1, 0.15) is 17.0 Å². The summed E-state index contributed by atoms with van der Waals surface area (Å²) in [7, 11) is 0. The van der Waals surface area contributed by atoms with Gasteiger partial charge in [0.15, 0.2) is 0 Å². The number of furan rings is 1. The van der Waals surface area contributed by atoms with Gasteiger partial charge in [0.2, 0.25) is 0 Å². The highest BCUT2D eigenvalue weighted by Gasteiger charge is 2.44. The summed E-state index contributed by atoms with van der Waals surface area (Å²) < 4.78 is 6.62. The predicted molar refractivity (Wildman–Crippen MR) is 209 cm³/mol. The first-order valence-corrected chi connectivity index (χ1v) is 17.2. The Hall–Kier alpha value is -6.26. The van der Waals surface area contributed by atoms with Gasteiger partial charge >= 0.3 is 0 Å². The Labute approximate surface area is 290 Å². The summed E-state index contributed by atoms with van der Waals surface area (Å²) in [5, 5.41) is 5.60. The van der Waals surface area contributed by atoms with Crippen LogP contribution in [0.2, 0.25) is 0 Å². The van der Waals surface area contributed by atoms with Gasteiger partial charge in [-0.25, -0.2) is 4.98 Å². The minimum Gasteiger partial charge on any atom is -0.456 e. The van der Waals surface area contributed by atoms with Crippen molar-refractivity contribution in [1.82, 2.24) is 4.98 Å². The van der Waals surface area contributed by atoms with Crippen LogP contribution in [-0.2, 0) is 0 Å². The van der Waals surface area contributed by atoms with Crippen LogP contribution in [0.5, 0.6) is 0 Å². The first-order valence-electron chi connectivity index (χ1n) is 17.2. The molecule has 0 fully saturated rings. The van der Waals surface area contributed by atoms with Crippen LogP contribution in [0.25, 0.3) is 77.1 Å². The van der Waals surface area contributed by atoms with Crippen LogP contribution >= 0.6 is 0 Å². The maximum absolute atomic E-state index is 6.62. The second-order valence-electron chi connectivity index (χ2n) is 13.5. The lowest BCUT2D eigenvalue weighted by Crippen LogP contribution is -2.49. The van der Waals surface area contributed by atoms with Gasteiger partial charge in [-0.05, 0) is 66.9 Å². The molecule has 4 heteroatoms. The number of aliphatic imine (C=N–C) groups is 1. The number of rotatable bonds is 4. The minimum atomic E-state index is -0.234. The molecule has 0 N–H and O–H groups in total. The number of para-hydroxylation sites is 2. The Morgan fingerprint density at radius 3 is 2.22 bits per heavy atom. The van der Waals surface area contributed by atoms with Crippen LogP contribution in [0.15, 0.2) is 167 Å². The molecular weight excluding hydrogens is 611 g/mol. The van der Waals surface area contributed by atoms with Crippen molar-refractivity contribution in [3.8, 4) is 33.5 Å². The molecule has 238 valence electrons. The van der Waals surface area contributed by atoms with Crippen molar-refractivity contribution >= 4 is 55.1 Å². The Morgan fingerprint density at radius 2 is 1.34 bits per heavy atom. The summed E-state index contributed by atoms with van der Waals surface area (Å²) in [4.78, 5) is 12.7. The third-order valence-corrected chi connectivity index (χ3v) is 10.5. The Morgan fingerprint density at radius 1 is 0.620 bits per heavy atom. The van der Waals surface area contributed by atoms with Gasteiger partial charge in [0.05, 0.1) is 22.8 Å². The highest BCUT2D eigenvalue weighted by molar-refractivity contribution is 6.27. The van der Waals surface area contributed by atoms with Gasteiger partial charge in [-0.3, -0.25) is 4.99 Å². The molecule has 6 aromatic carbocycles. The van der Waals surface area contributed by atoms with Crippen LogP contribution in [0, 0.1) is 0 Å². The number of benzene rings is 6. The Kier molecular flexibility index (Phi) is 6.25. The molecule has 2 aliphatic rings. The molecule has 0 saturated carbocycles. The molecule has 0 amide bonds. The average molecular weight is 644 g/mol. The number of hydrogen-bond donors (Lipinski definition) is 0. The highest BCUT2D eigenvalue weighted by Crippen LogP contribution is 2.47. The monoisotopic (exact) mass is 643 g/mol. The van der Waals surface area contributed by atoms with Crippen LogP contribution in [0.3, 0.4) is 0 Å². The number of allylic oxidation sites excluding steroid dienone is 2. The summed E-state index contributed by atoms with van der Waals surface area (Å²) in [6.07, 6.45) is 8.71. The highest BCUT2D eigenvalue weighted by atomic mass is 16.3. The fraction of sp³-hybridized carbons (Fsp3) is 0.0870. The fourth-order valence-electron chi connectivity index (χ4n) is 8.27. The van der Waals surface area contributed by atoms with E-state index in [0.717, 1.165) is 83.3 Å². The molecule has 0 saturated heterocycles. The first-order chi connectivity index (χ1) is 24.6. The summed E-state index contributed by atoms with van der Waals surface area (Å²) in [5.74, 6) is 1.03. The lowest BCUT2D eigenvalue weighted by molar-refractivity contribution is 0.546. The van der Waals surface area contributed by atoms with Gasteiger partial charge < -0.3 is 9.32 Å². The van der Waals surface area contributed by atoms with E-state index in [1.165, 1.54) is 5.39 Å². The standard InChI is InChI=1S/C46H33N3O/c1-29-47-41-24-10-11-25-46(41,2)49(29)34-19-13-17-32(27-34)31-16-12-18-33(26-31)42-43-35-20-6-8-22-38(35)48-45(30-14-4-3-5-15-30)37(43)28-40-44(42)36-21-7-9-23-39(36)50-40/h3-28,41H,1-2H3. The lowest BCUT2D eigenvalue weighted by Gasteiger charge is -2.38. The molecule has 2 unspecified atom stereocenters. The minimum absolute atomic E-state index is 0.100. The third-order valence-electron chi connectivity index (χ3n) is 10.5. The van der Waals surface area contributed by atoms with Crippen LogP contribution in [0.4, 0.5) is 5.69 Å². The zero-order chi connectivity index (χ0) is 33.4. The van der Waals surface area contributed by atoms with E-state index >= 15 is 0 Å². The zero-order valence-electron chi connectivity index (χ0n) is 27.8. The van der Waals surface area contributed by atoms with E-state index in [-0.39, 0.29) is 11.6 Å². The molecule has 1 aliphatic heterocycles. The predicted octanol–water partition coefficient (Wildman–Crippen LogP) is 11.8. The average Bonchev–Trinajstić information content (AvgIpc) is 3.67. The quantitative estimate of drug-likeness (QED) is 0.179. The molecular formula is C46H33N3O. The Bertz CT molecular complexity index is 2750. The van der Waals surface area contributed by atoms with E-state index in [1.807, 2.05) is 6.07 Å². The number of hydrogen-bond acceptors (Lipinski definition) is 4. The molecule has 3 heterocycles. The van der Waals surface area contributed by atoms with E-state index in [0.29, 0.717) is 0 Å². The van der Waals surface area contributed by atoms with Gasteiger partial charge in [-0.1, -0.05) is 121 Å². The second kappa shape index (κ2) is 10.9. The number of aromatic nitrogens is 1. The van der Waals surface area contributed by atoms with Crippen molar-refractivity contribution in [2.24, 2.45) is 4.99 Å². The van der Waals surface area contributed by atoms with E-state index < -0.39 is 0 Å². The number of fused-ring (bicyclic) bond motifs is 7. The van der Waals surface area contributed by atoms with Crippen LogP contribution in [0.1, 0.15) is 13.8 Å². The summed E-state index contributed by atoms with van der Waals surface area (Å²) >= 11 is 0. The lowest BCUT2D eigenvalue weighted by atomic mass is 9.87. The molecule has 0 radical (unpaired) electrons. The maximum atomic E-state index is 6.62. The molecule has 4 nitrogen and oxygen atoms in total. The first kappa shape index (κ1) is 28.7. The normalized spacial score (nSPS) is 18.4. The number of nitrogens with zero attached hydrogens (tertiary/aromatic N) is 3. The van der Waals surface area contributed by atoms with Gasteiger partial charge in [0, 0.05) is 43.7 Å². The molecule has 0 spiro atoms.